The van der Waals surface area contributed by atoms with E-state index in [4.69, 9.17) is 0 Å². The lowest BCUT2D eigenvalue weighted by molar-refractivity contribution is -0.185. The average Bonchev–Trinajstić information content (AvgIpc) is 2.64. The minimum atomic E-state index is -4.94. The van der Waals surface area contributed by atoms with E-state index < -0.39 is 18.0 Å². The number of hydrogen-bond donors (Lipinski definition) is 1. The van der Waals surface area contributed by atoms with Gasteiger partial charge >= 0.3 is 12.1 Å². The molecule has 0 spiro atoms. The molecule has 2 rings (SSSR count). The second-order valence-electron chi connectivity index (χ2n) is 5.89. The molecule has 0 heterocycles. The second-order valence-corrected chi connectivity index (χ2v) is 5.89. The average molecular weight is 394 g/mol. The van der Waals surface area contributed by atoms with Crippen molar-refractivity contribution in [1.29, 1.82) is 0 Å². The van der Waals surface area contributed by atoms with E-state index in [1.54, 1.807) is 18.2 Å². The quantitative estimate of drug-likeness (QED) is 0.584. The Bertz CT molecular complexity index is 861. The Balaban J connectivity index is 2.03. The van der Waals surface area contributed by atoms with Gasteiger partial charge in [0.2, 0.25) is 5.91 Å². The Labute approximate surface area is 159 Å². The van der Waals surface area contributed by atoms with Gasteiger partial charge in [-0.05, 0) is 48.4 Å². The van der Waals surface area contributed by atoms with Crippen molar-refractivity contribution in [3.63, 3.8) is 0 Å². The molecule has 0 unspecified atom stereocenters. The van der Waals surface area contributed by atoms with Crippen LogP contribution in [0.1, 0.15) is 18.1 Å². The van der Waals surface area contributed by atoms with Crippen LogP contribution in [-0.2, 0) is 16.1 Å². The highest BCUT2D eigenvalue weighted by Gasteiger charge is 2.41. The van der Waals surface area contributed by atoms with Crippen LogP contribution in [0.15, 0.2) is 54.6 Å². The molecular formula is C20H18F4N2O2. The fraction of sp³-hybridized carbons (Fsp3) is 0.200. The maximum absolute atomic E-state index is 12.9. The lowest BCUT2D eigenvalue weighted by atomic mass is 10.1. The molecule has 0 aliphatic rings. The molecule has 0 saturated carbocycles. The molecular weight excluding hydrogens is 376 g/mol. The van der Waals surface area contributed by atoms with Crippen LogP contribution < -0.4 is 5.32 Å². The van der Waals surface area contributed by atoms with Crippen molar-refractivity contribution in [3.8, 4) is 0 Å². The van der Waals surface area contributed by atoms with Gasteiger partial charge < -0.3 is 10.2 Å². The third kappa shape index (κ3) is 6.22. The molecule has 148 valence electrons. The van der Waals surface area contributed by atoms with Crippen LogP contribution >= 0.6 is 0 Å². The summed E-state index contributed by atoms with van der Waals surface area (Å²) in [4.78, 5) is 24.1. The molecule has 4 nitrogen and oxygen atoms in total. The van der Waals surface area contributed by atoms with Gasteiger partial charge in [0.05, 0.1) is 0 Å². The first kappa shape index (κ1) is 21.1. The lowest BCUT2D eigenvalue weighted by Gasteiger charge is -2.22. The predicted molar refractivity (Wildman–Crippen MR) is 97.7 cm³/mol. The van der Waals surface area contributed by atoms with Gasteiger partial charge in [-0.25, -0.2) is 4.39 Å². The number of nitrogens with zero attached hydrogens (tertiary/aromatic N) is 1. The Hall–Kier alpha value is -3.16. The molecule has 2 aromatic rings. The van der Waals surface area contributed by atoms with Crippen molar-refractivity contribution in [2.45, 2.75) is 19.6 Å². The van der Waals surface area contributed by atoms with Gasteiger partial charge in [-0.15, -0.1) is 0 Å². The first-order chi connectivity index (χ1) is 13.2. The molecule has 0 aliphatic heterocycles. The van der Waals surface area contributed by atoms with Crippen LogP contribution in [0.4, 0.5) is 23.2 Å². The summed E-state index contributed by atoms with van der Waals surface area (Å²) in [6, 6.07) is 11.8. The molecule has 0 aromatic heterocycles. The maximum Gasteiger partial charge on any atom is 0.471 e. The fourth-order valence-electron chi connectivity index (χ4n) is 2.40. The number of anilines is 1. The molecule has 28 heavy (non-hydrogen) atoms. The third-order valence-electron chi connectivity index (χ3n) is 3.78. The Morgan fingerprint density at radius 1 is 1.11 bits per heavy atom. The molecule has 0 aliphatic carbocycles. The van der Waals surface area contributed by atoms with Crippen LogP contribution in [0.25, 0.3) is 6.08 Å². The number of amides is 2. The van der Waals surface area contributed by atoms with Gasteiger partial charge in [-0.2, -0.15) is 13.2 Å². The molecule has 0 fully saturated rings. The second kappa shape index (κ2) is 9.16. The van der Waals surface area contributed by atoms with E-state index in [1.165, 1.54) is 49.4 Å². The zero-order valence-corrected chi connectivity index (χ0v) is 15.0. The highest BCUT2D eigenvalue weighted by atomic mass is 19.4. The Morgan fingerprint density at radius 2 is 1.79 bits per heavy atom. The number of hydrogen-bond acceptors (Lipinski definition) is 2. The van der Waals surface area contributed by atoms with Crippen molar-refractivity contribution in [1.82, 2.24) is 4.90 Å². The summed E-state index contributed by atoms with van der Waals surface area (Å²) in [5.74, 6) is -2.75. The maximum atomic E-state index is 12.9. The topological polar surface area (TPSA) is 49.4 Å². The van der Waals surface area contributed by atoms with E-state index in [9.17, 15) is 27.2 Å². The van der Waals surface area contributed by atoms with E-state index >= 15 is 0 Å². The molecule has 8 heteroatoms. The number of carbonyl (C=O) groups excluding carboxylic acids is 2. The first-order valence-electron chi connectivity index (χ1n) is 8.38. The van der Waals surface area contributed by atoms with E-state index in [-0.39, 0.29) is 18.9 Å². The number of nitrogens with one attached hydrogen (secondary N) is 1. The van der Waals surface area contributed by atoms with Crippen molar-refractivity contribution >= 4 is 23.6 Å². The molecule has 1 N–H and O–H groups in total. The summed E-state index contributed by atoms with van der Waals surface area (Å²) < 4.78 is 50.7. The van der Waals surface area contributed by atoms with E-state index in [1.807, 2.05) is 0 Å². The van der Waals surface area contributed by atoms with Crippen molar-refractivity contribution in [3.05, 3.63) is 71.6 Å². The summed E-state index contributed by atoms with van der Waals surface area (Å²) in [6.07, 6.45) is -2.18. The summed E-state index contributed by atoms with van der Waals surface area (Å²) in [7, 11) is 0. The minimum Gasteiger partial charge on any atom is -0.331 e. The zero-order valence-electron chi connectivity index (χ0n) is 15.0. The van der Waals surface area contributed by atoms with Gasteiger partial charge in [0.25, 0.3) is 0 Å². The summed E-state index contributed by atoms with van der Waals surface area (Å²) in [5.41, 5.74) is 1.45. The van der Waals surface area contributed by atoms with E-state index in [2.05, 4.69) is 5.32 Å². The molecule has 0 radical (unpaired) electrons. The van der Waals surface area contributed by atoms with Crippen molar-refractivity contribution in [2.24, 2.45) is 0 Å². The monoisotopic (exact) mass is 394 g/mol. The number of benzene rings is 2. The van der Waals surface area contributed by atoms with Crippen molar-refractivity contribution < 1.29 is 27.2 Å². The Kier molecular flexibility index (Phi) is 6.92. The SMILES string of the molecule is CCN(Cc1cccc(NC(=O)/C=C/c2ccc(F)cc2)c1)C(=O)C(F)(F)F. The molecule has 2 aromatic carbocycles. The smallest absolute Gasteiger partial charge is 0.331 e. The Morgan fingerprint density at radius 3 is 2.39 bits per heavy atom. The standard InChI is InChI=1S/C20H18F4N2O2/c1-2-26(19(28)20(22,23)24)13-15-4-3-5-17(12-15)25-18(27)11-8-14-6-9-16(21)10-7-14/h3-12H,2,13H2,1H3,(H,25,27)/b11-8+. The molecule has 0 saturated heterocycles. The minimum absolute atomic E-state index is 0.102. The predicted octanol–water partition coefficient (Wildman–Crippen LogP) is 4.39. The van der Waals surface area contributed by atoms with Gasteiger partial charge in [-0.1, -0.05) is 24.3 Å². The van der Waals surface area contributed by atoms with Crippen LogP contribution in [0.5, 0.6) is 0 Å². The summed E-state index contributed by atoms with van der Waals surface area (Å²) in [6.45, 7) is 1.12. The van der Waals surface area contributed by atoms with Gasteiger partial charge in [0.1, 0.15) is 5.82 Å². The van der Waals surface area contributed by atoms with Crippen molar-refractivity contribution in [2.75, 3.05) is 11.9 Å². The van der Waals surface area contributed by atoms with Gasteiger partial charge in [0, 0.05) is 24.9 Å². The summed E-state index contributed by atoms with van der Waals surface area (Å²) >= 11 is 0. The fourth-order valence-corrected chi connectivity index (χ4v) is 2.40. The van der Waals surface area contributed by atoms with Crippen LogP contribution in [-0.4, -0.2) is 29.4 Å². The summed E-state index contributed by atoms with van der Waals surface area (Å²) in [5, 5.41) is 2.59. The first-order valence-corrected chi connectivity index (χ1v) is 8.38. The zero-order chi connectivity index (χ0) is 20.7. The van der Waals surface area contributed by atoms with E-state index in [0.29, 0.717) is 21.7 Å². The van der Waals surface area contributed by atoms with Crippen LogP contribution in [0.3, 0.4) is 0 Å². The largest absolute Gasteiger partial charge is 0.471 e. The number of carbonyl (C=O) groups is 2. The lowest BCUT2D eigenvalue weighted by Crippen LogP contribution is -2.40. The van der Waals surface area contributed by atoms with E-state index in [0.717, 1.165) is 0 Å². The highest BCUT2D eigenvalue weighted by molar-refractivity contribution is 6.01. The number of halogens is 4. The number of alkyl halides is 3. The molecule has 0 atom stereocenters. The number of rotatable bonds is 6. The van der Waals surface area contributed by atoms with Gasteiger partial charge in [-0.3, -0.25) is 9.59 Å². The van der Waals surface area contributed by atoms with Gasteiger partial charge in [0.15, 0.2) is 0 Å². The van der Waals surface area contributed by atoms with Crippen LogP contribution in [0.2, 0.25) is 0 Å². The molecule has 0 bridgehead atoms. The highest BCUT2D eigenvalue weighted by Crippen LogP contribution is 2.21. The van der Waals surface area contributed by atoms with Crippen LogP contribution in [0, 0.1) is 5.82 Å². The molecule has 2 amide bonds. The normalized spacial score (nSPS) is 11.5. The third-order valence-corrected chi connectivity index (χ3v) is 3.78.